The topological polar surface area (TPSA) is 29.5 Å². The maximum atomic E-state index is 11.0. The number of phenols is 1. The van der Waals surface area contributed by atoms with Crippen molar-refractivity contribution < 1.29 is 9.84 Å². The van der Waals surface area contributed by atoms with Crippen LogP contribution >= 0.6 is 15.9 Å². The van der Waals surface area contributed by atoms with Gasteiger partial charge in [-0.05, 0) is 69.6 Å². The third-order valence-electron chi connectivity index (χ3n) is 6.47. The van der Waals surface area contributed by atoms with E-state index in [-0.39, 0.29) is 11.0 Å². The van der Waals surface area contributed by atoms with Gasteiger partial charge in [-0.15, -0.1) is 0 Å². The lowest BCUT2D eigenvalue weighted by Gasteiger charge is -2.47. The van der Waals surface area contributed by atoms with Gasteiger partial charge in [0.05, 0.1) is 0 Å². The second-order valence-electron chi connectivity index (χ2n) is 9.35. The van der Waals surface area contributed by atoms with Gasteiger partial charge in [0, 0.05) is 22.7 Å². The molecule has 2 unspecified atom stereocenters. The van der Waals surface area contributed by atoms with Gasteiger partial charge in [0.1, 0.15) is 17.1 Å². The fourth-order valence-corrected chi connectivity index (χ4v) is 5.16. The van der Waals surface area contributed by atoms with Gasteiger partial charge in [0.2, 0.25) is 0 Å². The molecule has 0 spiro atoms. The maximum absolute atomic E-state index is 11.0. The highest BCUT2D eigenvalue weighted by Crippen LogP contribution is 2.54. The minimum absolute atomic E-state index is 0.0292. The number of phenolic OH excluding ortho intramolecular Hbond substituents is 1. The molecule has 1 aliphatic carbocycles. The van der Waals surface area contributed by atoms with Crippen LogP contribution in [0.2, 0.25) is 0 Å². The predicted molar refractivity (Wildman–Crippen MR) is 113 cm³/mol. The average molecular weight is 421 g/mol. The lowest BCUT2D eigenvalue weighted by atomic mass is 9.66. The molecule has 1 heterocycles. The summed E-state index contributed by atoms with van der Waals surface area (Å²) in [5, 5.41) is 12.0. The van der Waals surface area contributed by atoms with Crippen molar-refractivity contribution in [3.8, 4) is 11.5 Å². The van der Waals surface area contributed by atoms with Crippen molar-refractivity contribution in [3.05, 3.63) is 34.9 Å². The first-order chi connectivity index (χ1) is 12.2. The van der Waals surface area contributed by atoms with Crippen LogP contribution in [0.4, 0.5) is 0 Å². The van der Waals surface area contributed by atoms with E-state index in [9.17, 15) is 5.11 Å². The number of benzene rings is 1. The van der Waals surface area contributed by atoms with Crippen molar-refractivity contribution in [2.45, 2.75) is 83.7 Å². The van der Waals surface area contributed by atoms with E-state index in [2.05, 4.69) is 62.7 Å². The van der Waals surface area contributed by atoms with Crippen LogP contribution in [-0.2, 0) is 5.41 Å². The number of hydrogen-bond donors (Lipinski definition) is 1. The zero-order chi connectivity index (χ0) is 19.1. The Bertz CT molecular complexity index is 702. The van der Waals surface area contributed by atoms with Crippen LogP contribution in [-0.4, -0.2) is 16.0 Å². The van der Waals surface area contributed by atoms with Crippen LogP contribution in [0.5, 0.6) is 11.5 Å². The Balaban J connectivity index is 1.99. The van der Waals surface area contributed by atoms with Crippen LogP contribution in [0.3, 0.4) is 0 Å². The minimum Gasteiger partial charge on any atom is -0.508 e. The number of hydrogen-bond acceptors (Lipinski definition) is 2. The quantitative estimate of drug-likeness (QED) is 0.320. The summed E-state index contributed by atoms with van der Waals surface area (Å²) in [5.41, 5.74) is 3.46. The van der Waals surface area contributed by atoms with Crippen molar-refractivity contribution in [2.75, 3.05) is 5.33 Å². The normalized spacial score (nSPS) is 24.3. The standard InChI is InChI=1S/C23H33BrO2/c1-15-8-9-18-17(12-15)21-19(25)13-16(14-20(21)26-23(18,4)5)22(2,3)10-6-7-11-24/h8,13-14,17-18,25H,6-7,9-12H2,1-5H3. The predicted octanol–water partition coefficient (Wildman–Crippen LogP) is 6.85. The summed E-state index contributed by atoms with van der Waals surface area (Å²) in [4.78, 5) is 0. The monoisotopic (exact) mass is 420 g/mol. The third-order valence-corrected chi connectivity index (χ3v) is 7.03. The van der Waals surface area contributed by atoms with Gasteiger partial charge in [-0.3, -0.25) is 0 Å². The summed E-state index contributed by atoms with van der Waals surface area (Å²) in [6.07, 6.45) is 7.86. The number of aromatic hydroxyl groups is 1. The van der Waals surface area contributed by atoms with Gasteiger partial charge < -0.3 is 9.84 Å². The van der Waals surface area contributed by atoms with E-state index in [0.717, 1.165) is 35.9 Å². The molecule has 0 aromatic heterocycles. The molecule has 0 amide bonds. The molecule has 3 rings (SSSR count). The number of fused-ring (bicyclic) bond motifs is 3. The molecule has 144 valence electrons. The number of rotatable bonds is 5. The highest BCUT2D eigenvalue weighted by atomic mass is 79.9. The van der Waals surface area contributed by atoms with Crippen molar-refractivity contribution in [2.24, 2.45) is 5.92 Å². The number of halogens is 1. The molecule has 2 atom stereocenters. The highest BCUT2D eigenvalue weighted by molar-refractivity contribution is 9.09. The zero-order valence-corrected chi connectivity index (χ0v) is 18.4. The van der Waals surface area contributed by atoms with Crippen molar-refractivity contribution in [3.63, 3.8) is 0 Å². The second kappa shape index (κ2) is 7.22. The van der Waals surface area contributed by atoms with Crippen LogP contribution in [0.1, 0.15) is 83.8 Å². The van der Waals surface area contributed by atoms with E-state index >= 15 is 0 Å². The summed E-state index contributed by atoms with van der Waals surface area (Å²) >= 11 is 3.52. The molecule has 0 saturated heterocycles. The van der Waals surface area contributed by atoms with E-state index < -0.39 is 0 Å². The van der Waals surface area contributed by atoms with Gasteiger partial charge in [0.25, 0.3) is 0 Å². The molecule has 26 heavy (non-hydrogen) atoms. The van der Waals surface area contributed by atoms with Crippen molar-refractivity contribution >= 4 is 15.9 Å². The SMILES string of the molecule is CC1=CCC2C(C1)c1c(O)cc(C(C)(C)CCCCBr)cc1OC2(C)C. The van der Waals surface area contributed by atoms with Crippen LogP contribution in [0.15, 0.2) is 23.8 Å². The second-order valence-corrected chi connectivity index (χ2v) is 10.1. The molecule has 2 aliphatic rings. The number of ether oxygens (including phenoxy) is 1. The van der Waals surface area contributed by atoms with Crippen molar-refractivity contribution in [1.82, 2.24) is 0 Å². The minimum atomic E-state index is -0.208. The van der Waals surface area contributed by atoms with Crippen LogP contribution < -0.4 is 4.74 Å². The Labute approximate surface area is 167 Å². The fraction of sp³-hybridized carbons (Fsp3) is 0.652. The maximum Gasteiger partial charge on any atom is 0.127 e. The number of unbranched alkanes of at least 4 members (excludes halogenated alkanes) is 1. The summed E-state index contributed by atoms with van der Waals surface area (Å²) in [7, 11) is 0. The Hall–Kier alpha value is -0.960. The van der Waals surface area contributed by atoms with E-state index in [0.29, 0.717) is 17.6 Å². The smallest absolute Gasteiger partial charge is 0.127 e. The van der Waals surface area contributed by atoms with Crippen molar-refractivity contribution in [1.29, 1.82) is 0 Å². The average Bonchev–Trinajstić information content (AvgIpc) is 2.53. The van der Waals surface area contributed by atoms with Gasteiger partial charge in [-0.2, -0.15) is 0 Å². The Kier molecular flexibility index (Phi) is 5.50. The molecule has 1 N–H and O–H groups in total. The number of alkyl halides is 1. The first-order valence-corrected chi connectivity index (χ1v) is 11.1. The van der Waals surface area contributed by atoms with Gasteiger partial charge in [-0.1, -0.05) is 47.8 Å². The lowest BCUT2D eigenvalue weighted by Crippen LogP contribution is -2.45. The van der Waals surface area contributed by atoms with Crippen LogP contribution in [0.25, 0.3) is 0 Å². The lowest BCUT2D eigenvalue weighted by molar-refractivity contribution is 0.00741. The van der Waals surface area contributed by atoms with E-state index in [1.54, 1.807) is 0 Å². The Morgan fingerprint density at radius 2 is 2.00 bits per heavy atom. The molecule has 1 aromatic carbocycles. The first-order valence-electron chi connectivity index (χ1n) is 9.94. The molecular formula is C23H33BrO2. The van der Waals surface area contributed by atoms with E-state index in [1.165, 1.54) is 24.0 Å². The van der Waals surface area contributed by atoms with Crippen LogP contribution in [0, 0.1) is 5.92 Å². The zero-order valence-electron chi connectivity index (χ0n) is 16.9. The molecular weight excluding hydrogens is 388 g/mol. The molecule has 1 aliphatic heterocycles. The summed E-state index contributed by atoms with van der Waals surface area (Å²) < 4.78 is 6.47. The van der Waals surface area contributed by atoms with E-state index in [4.69, 9.17) is 4.74 Å². The summed E-state index contributed by atoms with van der Waals surface area (Å²) in [6, 6.07) is 4.20. The molecule has 3 heteroatoms. The highest BCUT2D eigenvalue weighted by Gasteiger charge is 2.46. The van der Waals surface area contributed by atoms with Gasteiger partial charge in [0.15, 0.2) is 0 Å². The van der Waals surface area contributed by atoms with E-state index in [1.807, 2.05) is 6.07 Å². The third kappa shape index (κ3) is 3.69. The molecule has 2 nitrogen and oxygen atoms in total. The van der Waals surface area contributed by atoms with Gasteiger partial charge in [-0.25, -0.2) is 0 Å². The molecule has 0 saturated carbocycles. The summed E-state index contributed by atoms with van der Waals surface area (Å²) in [6.45, 7) is 11.1. The largest absolute Gasteiger partial charge is 0.508 e. The molecule has 1 aromatic rings. The first kappa shape index (κ1) is 19.8. The molecule has 0 bridgehead atoms. The fourth-order valence-electron chi connectivity index (χ4n) is 4.76. The number of allylic oxidation sites excluding steroid dienone is 2. The Morgan fingerprint density at radius 1 is 1.27 bits per heavy atom. The Morgan fingerprint density at radius 3 is 2.69 bits per heavy atom. The summed E-state index contributed by atoms with van der Waals surface area (Å²) in [5.74, 6) is 2.09. The molecule has 0 radical (unpaired) electrons. The molecule has 0 fully saturated rings. The van der Waals surface area contributed by atoms with Gasteiger partial charge >= 0.3 is 0 Å².